The third-order valence-electron chi connectivity index (χ3n) is 6.88. The zero-order valence-electron chi connectivity index (χ0n) is 18.2. The van der Waals surface area contributed by atoms with Crippen LogP contribution in [0.25, 0.3) is 0 Å². The van der Waals surface area contributed by atoms with Crippen molar-refractivity contribution < 1.29 is 29.2 Å². The minimum Gasteiger partial charge on any atom is -0.387 e. The van der Waals surface area contributed by atoms with Crippen LogP contribution in [-0.4, -0.2) is 52.6 Å². The van der Waals surface area contributed by atoms with E-state index in [0.717, 1.165) is 43.2 Å². The number of aliphatic hydroxyl groups excluding tert-OH is 2. The van der Waals surface area contributed by atoms with Gasteiger partial charge in [-0.05, 0) is 24.0 Å². The molecule has 5 rings (SSSR count). The van der Waals surface area contributed by atoms with Crippen LogP contribution in [0.1, 0.15) is 43.2 Å². The van der Waals surface area contributed by atoms with Crippen LogP contribution < -0.4 is 0 Å². The molecular formula is C26H32O6. The summed E-state index contributed by atoms with van der Waals surface area (Å²) in [5, 5.41) is 22.1. The number of benzene rings is 2. The Morgan fingerprint density at radius 2 is 1.12 bits per heavy atom. The molecule has 6 heteroatoms. The molecule has 32 heavy (non-hydrogen) atoms. The highest BCUT2D eigenvalue weighted by atomic mass is 16.8. The van der Waals surface area contributed by atoms with Gasteiger partial charge < -0.3 is 29.2 Å². The molecule has 2 aromatic rings. The monoisotopic (exact) mass is 440 g/mol. The third kappa shape index (κ3) is 4.49. The molecule has 1 heterocycles. The summed E-state index contributed by atoms with van der Waals surface area (Å²) < 4.78 is 25.3. The lowest BCUT2D eigenvalue weighted by molar-refractivity contribution is -0.223. The van der Waals surface area contributed by atoms with Crippen molar-refractivity contribution in [3.63, 3.8) is 0 Å². The lowest BCUT2D eigenvalue weighted by Crippen LogP contribution is -2.63. The molecule has 6 atom stereocenters. The molecule has 3 fully saturated rings. The van der Waals surface area contributed by atoms with Gasteiger partial charge in [0.05, 0.1) is 13.2 Å². The SMILES string of the molecule is O[C@@H]1[C@@H](O)[C@H](OCc2ccccc2)[C@H]2OC3(CCCCC3)O[C@H]2[C@H]1OCc1ccccc1. The van der Waals surface area contributed by atoms with Crippen LogP contribution in [0.15, 0.2) is 60.7 Å². The van der Waals surface area contributed by atoms with Gasteiger partial charge in [-0.2, -0.15) is 0 Å². The smallest absolute Gasteiger partial charge is 0.169 e. The maximum absolute atomic E-state index is 11.0. The number of rotatable bonds is 6. The van der Waals surface area contributed by atoms with Crippen molar-refractivity contribution >= 4 is 0 Å². The van der Waals surface area contributed by atoms with E-state index < -0.39 is 42.4 Å². The molecule has 1 aliphatic heterocycles. The molecule has 6 nitrogen and oxygen atoms in total. The summed E-state index contributed by atoms with van der Waals surface area (Å²) in [6, 6.07) is 19.6. The fraction of sp³-hybridized carbons (Fsp3) is 0.538. The second kappa shape index (κ2) is 9.59. The Morgan fingerprint density at radius 1 is 0.688 bits per heavy atom. The molecule has 2 N–H and O–H groups in total. The summed E-state index contributed by atoms with van der Waals surface area (Å²) in [7, 11) is 0. The minimum atomic E-state index is -1.14. The van der Waals surface area contributed by atoms with Crippen molar-refractivity contribution in [3.05, 3.63) is 71.8 Å². The second-order valence-electron chi connectivity index (χ2n) is 9.14. The largest absolute Gasteiger partial charge is 0.387 e. The summed E-state index contributed by atoms with van der Waals surface area (Å²) in [5.74, 6) is -0.680. The van der Waals surface area contributed by atoms with Crippen LogP contribution >= 0.6 is 0 Å². The average molecular weight is 441 g/mol. The number of hydrogen-bond acceptors (Lipinski definition) is 6. The van der Waals surface area contributed by atoms with Crippen molar-refractivity contribution in [2.45, 2.75) is 87.7 Å². The van der Waals surface area contributed by atoms with Crippen LogP contribution in [-0.2, 0) is 32.2 Å². The molecule has 2 aliphatic carbocycles. The summed E-state index contributed by atoms with van der Waals surface area (Å²) in [6.45, 7) is 0.648. The highest BCUT2D eigenvalue weighted by Crippen LogP contribution is 2.46. The van der Waals surface area contributed by atoms with Gasteiger partial charge in [-0.15, -0.1) is 0 Å². The molecule has 0 amide bonds. The standard InChI is InChI=1S/C26H32O6/c27-20-21(28)23(30-17-19-12-6-2-7-13-19)25-24(31-26(32-25)14-8-3-9-15-26)22(20)29-16-18-10-4-1-5-11-18/h1-2,4-7,10-13,20-25,27-28H,3,8-9,14-17H2/t20-,21-,22+,23+,24-,25+/m1/s1. The van der Waals surface area contributed by atoms with Crippen LogP contribution in [0.4, 0.5) is 0 Å². The van der Waals surface area contributed by atoms with Crippen molar-refractivity contribution in [1.29, 1.82) is 0 Å². The van der Waals surface area contributed by atoms with Crippen molar-refractivity contribution in [1.82, 2.24) is 0 Å². The van der Waals surface area contributed by atoms with Crippen molar-refractivity contribution in [2.24, 2.45) is 0 Å². The van der Waals surface area contributed by atoms with Gasteiger partial charge in [-0.3, -0.25) is 0 Å². The number of hydrogen-bond donors (Lipinski definition) is 2. The van der Waals surface area contributed by atoms with Crippen LogP contribution in [0.3, 0.4) is 0 Å². The Balaban J connectivity index is 1.36. The molecule has 2 saturated carbocycles. The highest BCUT2D eigenvalue weighted by Gasteiger charge is 2.61. The molecular weight excluding hydrogens is 408 g/mol. The first-order valence-corrected chi connectivity index (χ1v) is 11.7. The third-order valence-corrected chi connectivity index (χ3v) is 6.88. The zero-order valence-corrected chi connectivity index (χ0v) is 18.2. The average Bonchev–Trinajstić information content (AvgIpc) is 3.19. The molecule has 1 spiro atoms. The minimum absolute atomic E-state index is 0.324. The topological polar surface area (TPSA) is 77.4 Å². The number of fused-ring (bicyclic) bond motifs is 1. The van der Waals surface area contributed by atoms with Crippen LogP contribution in [0, 0.1) is 0 Å². The van der Waals surface area contributed by atoms with E-state index in [-0.39, 0.29) is 0 Å². The molecule has 1 saturated heterocycles. The molecule has 2 aromatic carbocycles. The maximum Gasteiger partial charge on any atom is 0.169 e. The Bertz CT molecular complexity index is 788. The highest BCUT2D eigenvalue weighted by molar-refractivity contribution is 5.15. The predicted molar refractivity (Wildman–Crippen MR) is 118 cm³/mol. The van der Waals surface area contributed by atoms with Crippen molar-refractivity contribution in [2.75, 3.05) is 0 Å². The van der Waals surface area contributed by atoms with Gasteiger partial charge in [-0.25, -0.2) is 0 Å². The quantitative estimate of drug-likeness (QED) is 0.718. The molecule has 0 bridgehead atoms. The van der Waals surface area contributed by atoms with Crippen molar-refractivity contribution in [3.8, 4) is 0 Å². The first-order chi connectivity index (χ1) is 15.7. The Labute approximate surface area is 189 Å². The summed E-state index contributed by atoms with van der Waals surface area (Å²) in [6.07, 6.45) is 0.174. The van der Waals surface area contributed by atoms with Gasteiger partial charge in [0.1, 0.15) is 36.6 Å². The molecule has 3 aliphatic rings. The summed E-state index contributed by atoms with van der Waals surface area (Å²) >= 11 is 0. The molecule has 0 radical (unpaired) electrons. The van der Waals surface area contributed by atoms with E-state index in [2.05, 4.69) is 0 Å². The van der Waals surface area contributed by atoms with Gasteiger partial charge in [0.15, 0.2) is 5.79 Å². The fourth-order valence-corrected chi connectivity index (χ4v) is 5.19. The van der Waals surface area contributed by atoms with E-state index in [1.54, 1.807) is 0 Å². The maximum atomic E-state index is 11.0. The van der Waals surface area contributed by atoms with E-state index in [0.29, 0.717) is 13.2 Å². The number of ether oxygens (including phenoxy) is 4. The van der Waals surface area contributed by atoms with Gasteiger partial charge >= 0.3 is 0 Å². The Morgan fingerprint density at radius 3 is 1.56 bits per heavy atom. The Kier molecular flexibility index (Phi) is 6.60. The normalized spacial score (nSPS) is 33.8. The van der Waals surface area contributed by atoms with E-state index in [9.17, 15) is 10.2 Å². The first-order valence-electron chi connectivity index (χ1n) is 11.7. The predicted octanol–water partition coefficient (Wildman–Crippen LogP) is 3.34. The van der Waals surface area contributed by atoms with E-state index in [1.165, 1.54) is 0 Å². The van der Waals surface area contributed by atoms with Gasteiger partial charge in [-0.1, -0.05) is 67.1 Å². The fourth-order valence-electron chi connectivity index (χ4n) is 5.19. The van der Waals surface area contributed by atoms with Crippen LogP contribution in [0.2, 0.25) is 0 Å². The van der Waals surface area contributed by atoms with E-state index in [1.807, 2.05) is 60.7 Å². The second-order valence-corrected chi connectivity index (χ2v) is 9.14. The van der Waals surface area contributed by atoms with E-state index in [4.69, 9.17) is 18.9 Å². The van der Waals surface area contributed by atoms with E-state index >= 15 is 0 Å². The zero-order chi connectivity index (χ0) is 22.0. The Hall–Kier alpha value is -1.80. The molecule has 172 valence electrons. The molecule has 0 unspecified atom stereocenters. The molecule has 0 aromatic heterocycles. The lowest BCUT2D eigenvalue weighted by atomic mass is 9.84. The van der Waals surface area contributed by atoms with Gasteiger partial charge in [0.2, 0.25) is 0 Å². The number of aliphatic hydroxyl groups is 2. The van der Waals surface area contributed by atoms with Gasteiger partial charge in [0, 0.05) is 12.8 Å². The van der Waals surface area contributed by atoms with Crippen LogP contribution in [0.5, 0.6) is 0 Å². The summed E-state index contributed by atoms with van der Waals surface area (Å²) in [5.41, 5.74) is 2.00. The summed E-state index contributed by atoms with van der Waals surface area (Å²) in [4.78, 5) is 0. The first kappa shape index (κ1) is 22.0. The lowest BCUT2D eigenvalue weighted by Gasteiger charge is -2.43. The van der Waals surface area contributed by atoms with Gasteiger partial charge in [0.25, 0.3) is 0 Å².